The Kier molecular flexibility index (Phi) is 2.49. The molecule has 1 saturated heterocycles. The highest BCUT2D eigenvalue weighted by Gasteiger charge is 2.20. The molecule has 48 valence electrons. The predicted molar refractivity (Wildman–Crippen MR) is 36.7 cm³/mol. The van der Waals surface area contributed by atoms with Crippen LogP contribution < -0.4 is 0 Å². The molecular weight excluding hydrogens is 144 g/mol. The molecule has 0 amide bonds. The van der Waals surface area contributed by atoms with E-state index in [1.807, 2.05) is 0 Å². The molecule has 0 aromatic rings. The predicted octanol–water partition coefficient (Wildman–Crippen LogP) is 0.451. The highest BCUT2D eigenvalue weighted by atomic mass is 33.1. The van der Waals surface area contributed by atoms with E-state index in [1.165, 1.54) is 10.8 Å². The van der Waals surface area contributed by atoms with Gasteiger partial charge in [-0.05, 0) is 6.42 Å². The maximum Gasteiger partial charge on any atom is 0.135 e. The Morgan fingerprint density at radius 3 is 2.50 bits per heavy atom. The first-order valence-corrected chi connectivity index (χ1v) is 4.83. The second-order valence-corrected chi connectivity index (χ2v) is 4.27. The molecule has 1 rings (SSSR count). The minimum Gasteiger partial charge on any atom is -0.389 e. The summed E-state index contributed by atoms with van der Waals surface area (Å²) in [6.07, 6.45) is 0.222. The van der Waals surface area contributed by atoms with Crippen LogP contribution in [0.3, 0.4) is 0 Å². The maximum absolute atomic E-state index is 8.89. The number of hydrogen-bond acceptors (Lipinski definition) is 4. The lowest BCUT2D eigenvalue weighted by Gasteiger charge is -2.20. The summed E-state index contributed by atoms with van der Waals surface area (Å²) in [5.74, 6) is 0.947. The molecule has 8 heavy (non-hydrogen) atoms. The molecule has 4 heteroatoms. The van der Waals surface area contributed by atoms with Gasteiger partial charge in [0.1, 0.15) is 5.44 Å². The lowest BCUT2D eigenvalue weighted by Crippen LogP contribution is -2.25. The lowest BCUT2D eigenvalue weighted by atomic mass is 10.3. The van der Waals surface area contributed by atoms with E-state index < -0.39 is 11.5 Å². The van der Waals surface area contributed by atoms with E-state index in [0.717, 1.165) is 12.2 Å². The van der Waals surface area contributed by atoms with Gasteiger partial charge >= 0.3 is 0 Å². The van der Waals surface area contributed by atoms with Crippen molar-refractivity contribution in [3.8, 4) is 0 Å². The summed E-state index contributed by atoms with van der Waals surface area (Å²) in [5.41, 5.74) is -0.561. The van der Waals surface area contributed by atoms with Gasteiger partial charge in [0.2, 0.25) is 0 Å². The summed E-state index contributed by atoms with van der Waals surface area (Å²) in [5, 5.41) is 17.8. The monoisotopic (exact) mass is 152 g/mol. The molecule has 0 aromatic carbocycles. The zero-order chi connectivity index (χ0) is 5.98. The summed E-state index contributed by atoms with van der Waals surface area (Å²) in [7, 11) is 2.96. The lowest BCUT2D eigenvalue weighted by molar-refractivity contribution is 0.0714. The fourth-order valence-electron chi connectivity index (χ4n) is 0.493. The SMILES string of the molecule is O[C@@H]1CCSS[C@@H]1O. The van der Waals surface area contributed by atoms with Crippen molar-refractivity contribution >= 4 is 21.6 Å². The Hall–Kier alpha value is 0.620. The normalized spacial score (nSPS) is 39.8. The van der Waals surface area contributed by atoms with E-state index in [-0.39, 0.29) is 0 Å². The summed E-state index contributed by atoms with van der Waals surface area (Å²) in [6.45, 7) is 0. The van der Waals surface area contributed by atoms with Crippen LogP contribution in [0.15, 0.2) is 0 Å². The Morgan fingerprint density at radius 1 is 1.38 bits per heavy atom. The third kappa shape index (κ3) is 1.55. The molecule has 2 N–H and O–H groups in total. The van der Waals surface area contributed by atoms with Crippen LogP contribution >= 0.6 is 21.6 Å². The van der Waals surface area contributed by atoms with Crippen LogP contribution in [0.25, 0.3) is 0 Å². The quantitative estimate of drug-likeness (QED) is 0.494. The zero-order valence-electron chi connectivity index (χ0n) is 4.28. The number of aliphatic hydroxyl groups is 2. The summed E-state index contributed by atoms with van der Waals surface area (Å²) in [6, 6.07) is 0. The maximum atomic E-state index is 8.89. The molecule has 0 aromatic heterocycles. The number of aliphatic hydroxyl groups excluding tert-OH is 2. The largest absolute Gasteiger partial charge is 0.389 e. The van der Waals surface area contributed by atoms with Gasteiger partial charge in [-0.2, -0.15) is 0 Å². The molecule has 0 spiro atoms. The van der Waals surface area contributed by atoms with E-state index in [4.69, 9.17) is 10.2 Å². The Labute approximate surface area is 56.1 Å². The van der Waals surface area contributed by atoms with Crippen LogP contribution in [-0.2, 0) is 0 Å². The van der Waals surface area contributed by atoms with Crippen molar-refractivity contribution in [2.45, 2.75) is 18.0 Å². The molecule has 1 aliphatic heterocycles. The molecule has 0 saturated carbocycles. The van der Waals surface area contributed by atoms with Crippen LogP contribution in [0.1, 0.15) is 6.42 Å². The van der Waals surface area contributed by atoms with E-state index >= 15 is 0 Å². The summed E-state index contributed by atoms with van der Waals surface area (Å²) < 4.78 is 0. The van der Waals surface area contributed by atoms with Crippen molar-refractivity contribution in [1.82, 2.24) is 0 Å². The highest BCUT2D eigenvalue weighted by Crippen LogP contribution is 2.33. The van der Waals surface area contributed by atoms with Crippen molar-refractivity contribution in [3.05, 3.63) is 0 Å². The molecule has 0 bridgehead atoms. The van der Waals surface area contributed by atoms with Gasteiger partial charge in [0.05, 0.1) is 6.10 Å². The van der Waals surface area contributed by atoms with Crippen LogP contribution in [0.2, 0.25) is 0 Å². The Morgan fingerprint density at radius 2 is 2.12 bits per heavy atom. The first-order chi connectivity index (χ1) is 3.80. The van der Waals surface area contributed by atoms with Gasteiger partial charge in [0.15, 0.2) is 0 Å². The topological polar surface area (TPSA) is 40.5 Å². The number of rotatable bonds is 0. The third-order valence-corrected chi connectivity index (χ3v) is 3.54. The van der Waals surface area contributed by atoms with Crippen LogP contribution in [0.5, 0.6) is 0 Å². The molecule has 0 radical (unpaired) electrons. The zero-order valence-corrected chi connectivity index (χ0v) is 5.91. The third-order valence-electron chi connectivity index (χ3n) is 0.993. The minimum absolute atomic E-state index is 0.499. The second kappa shape index (κ2) is 2.96. The standard InChI is InChI=1S/C4H8O2S2/c5-3-1-2-7-8-4(3)6/h3-6H,1-2H2/t3-,4+/m1/s1. The van der Waals surface area contributed by atoms with Crippen molar-refractivity contribution < 1.29 is 10.2 Å². The van der Waals surface area contributed by atoms with E-state index in [2.05, 4.69) is 0 Å². The fraction of sp³-hybridized carbons (Fsp3) is 1.00. The molecule has 1 heterocycles. The van der Waals surface area contributed by atoms with E-state index in [9.17, 15) is 0 Å². The number of hydrogen-bond donors (Lipinski definition) is 2. The first-order valence-electron chi connectivity index (χ1n) is 2.45. The molecular formula is C4H8O2S2. The average Bonchev–Trinajstić information content (AvgIpc) is 1.77. The summed E-state index contributed by atoms with van der Waals surface area (Å²) >= 11 is 0. The highest BCUT2D eigenvalue weighted by molar-refractivity contribution is 8.77. The second-order valence-electron chi connectivity index (χ2n) is 1.66. The van der Waals surface area contributed by atoms with Crippen LogP contribution in [-0.4, -0.2) is 27.5 Å². The Bertz CT molecular complexity index is 68.4. The summed E-state index contributed by atoms with van der Waals surface area (Å²) in [4.78, 5) is 0. The minimum atomic E-state index is -0.561. The molecule has 2 atom stereocenters. The van der Waals surface area contributed by atoms with Crippen molar-refractivity contribution in [1.29, 1.82) is 0 Å². The molecule has 1 aliphatic rings. The van der Waals surface area contributed by atoms with Gasteiger partial charge in [-0.15, -0.1) is 0 Å². The van der Waals surface area contributed by atoms with Gasteiger partial charge in [-0.25, -0.2) is 0 Å². The van der Waals surface area contributed by atoms with E-state index in [1.54, 1.807) is 10.8 Å². The van der Waals surface area contributed by atoms with Crippen molar-refractivity contribution in [2.24, 2.45) is 0 Å². The average molecular weight is 152 g/mol. The van der Waals surface area contributed by atoms with Crippen molar-refractivity contribution in [3.63, 3.8) is 0 Å². The molecule has 0 unspecified atom stereocenters. The van der Waals surface area contributed by atoms with Gasteiger partial charge in [-0.3, -0.25) is 0 Å². The van der Waals surface area contributed by atoms with Crippen LogP contribution in [0.4, 0.5) is 0 Å². The van der Waals surface area contributed by atoms with Gasteiger partial charge in [-0.1, -0.05) is 21.6 Å². The molecule has 0 aliphatic carbocycles. The van der Waals surface area contributed by atoms with Crippen LogP contribution in [0, 0.1) is 0 Å². The van der Waals surface area contributed by atoms with Gasteiger partial charge in [0, 0.05) is 5.75 Å². The van der Waals surface area contributed by atoms with E-state index in [0.29, 0.717) is 0 Å². The molecule has 2 nitrogen and oxygen atoms in total. The first kappa shape index (κ1) is 6.74. The van der Waals surface area contributed by atoms with Gasteiger partial charge < -0.3 is 10.2 Å². The van der Waals surface area contributed by atoms with Gasteiger partial charge in [0.25, 0.3) is 0 Å². The van der Waals surface area contributed by atoms with Crippen molar-refractivity contribution in [2.75, 3.05) is 5.75 Å². The fourth-order valence-corrected chi connectivity index (χ4v) is 2.71. The molecule has 1 fully saturated rings. The Balaban J connectivity index is 2.28. The smallest absolute Gasteiger partial charge is 0.135 e.